The second kappa shape index (κ2) is 3.40. The minimum atomic E-state index is 0.671. The number of rotatable bonds is 2. The first-order chi connectivity index (χ1) is 6.27. The molecule has 0 aromatic carbocycles. The molecule has 0 saturated heterocycles. The zero-order valence-electron chi connectivity index (χ0n) is 8.16. The monoisotopic (exact) mass is 179 g/mol. The second-order valence-corrected chi connectivity index (χ2v) is 4.02. The lowest BCUT2D eigenvalue weighted by Gasteiger charge is -2.12. The summed E-state index contributed by atoms with van der Waals surface area (Å²) in [5.41, 5.74) is 6.96. The summed E-state index contributed by atoms with van der Waals surface area (Å²) in [6, 6.07) is 0. The molecule has 3 nitrogen and oxygen atoms in total. The Bertz CT molecular complexity index is 265. The maximum Gasteiger partial charge on any atom is 0.200 e. The Balaban J connectivity index is 2.07. The van der Waals surface area contributed by atoms with E-state index in [-0.39, 0.29) is 0 Å². The lowest BCUT2D eigenvalue weighted by Crippen LogP contribution is -2.11. The van der Waals surface area contributed by atoms with Gasteiger partial charge in [-0.1, -0.05) is 12.8 Å². The summed E-state index contributed by atoms with van der Waals surface area (Å²) in [5.74, 6) is 1.50. The average molecular weight is 179 g/mol. The molecule has 2 N–H and O–H groups in total. The van der Waals surface area contributed by atoms with E-state index in [4.69, 9.17) is 5.73 Å². The second-order valence-electron chi connectivity index (χ2n) is 4.02. The highest BCUT2D eigenvalue weighted by atomic mass is 15.1. The average Bonchev–Trinajstić information content (AvgIpc) is 2.70. The van der Waals surface area contributed by atoms with Crippen molar-refractivity contribution in [3.05, 3.63) is 11.9 Å². The van der Waals surface area contributed by atoms with Crippen LogP contribution in [-0.4, -0.2) is 9.55 Å². The molecule has 0 spiro atoms. The molecule has 1 aliphatic carbocycles. The maximum atomic E-state index is 5.77. The molecule has 3 heteroatoms. The van der Waals surface area contributed by atoms with Crippen molar-refractivity contribution in [2.45, 2.75) is 39.2 Å². The van der Waals surface area contributed by atoms with Gasteiger partial charge in [-0.25, -0.2) is 4.98 Å². The molecule has 0 unspecified atom stereocenters. The van der Waals surface area contributed by atoms with Crippen LogP contribution in [0.1, 0.15) is 31.4 Å². The third-order valence-corrected chi connectivity index (χ3v) is 3.00. The van der Waals surface area contributed by atoms with Gasteiger partial charge in [0, 0.05) is 12.2 Å². The number of nitrogen functional groups attached to an aromatic ring is 1. The molecule has 2 rings (SSSR count). The molecular weight excluding hydrogens is 162 g/mol. The van der Waals surface area contributed by atoms with Gasteiger partial charge in [0.1, 0.15) is 0 Å². The predicted molar refractivity (Wildman–Crippen MR) is 53.3 cm³/mol. The van der Waals surface area contributed by atoms with E-state index in [1.54, 1.807) is 0 Å². The van der Waals surface area contributed by atoms with Gasteiger partial charge in [-0.05, 0) is 25.7 Å². The minimum Gasteiger partial charge on any atom is -0.369 e. The van der Waals surface area contributed by atoms with E-state index >= 15 is 0 Å². The quantitative estimate of drug-likeness (QED) is 0.754. The largest absolute Gasteiger partial charge is 0.369 e. The van der Waals surface area contributed by atoms with Gasteiger partial charge < -0.3 is 10.3 Å². The van der Waals surface area contributed by atoms with Crippen LogP contribution < -0.4 is 5.73 Å². The number of aromatic nitrogens is 2. The molecule has 1 aromatic rings. The van der Waals surface area contributed by atoms with Crippen molar-refractivity contribution >= 4 is 5.95 Å². The van der Waals surface area contributed by atoms with Gasteiger partial charge in [0.15, 0.2) is 5.95 Å². The molecular formula is C10H17N3. The third kappa shape index (κ3) is 1.69. The van der Waals surface area contributed by atoms with Gasteiger partial charge in [-0.15, -0.1) is 0 Å². The molecule has 0 amide bonds. The predicted octanol–water partition coefficient (Wildman–Crippen LogP) is 1.96. The first-order valence-corrected chi connectivity index (χ1v) is 5.05. The summed E-state index contributed by atoms with van der Waals surface area (Å²) in [7, 11) is 0. The number of anilines is 1. The summed E-state index contributed by atoms with van der Waals surface area (Å²) in [6.07, 6.45) is 7.34. The molecule has 1 saturated carbocycles. The molecule has 72 valence electrons. The number of hydrogen-bond acceptors (Lipinski definition) is 2. The Kier molecular flexibility index (Phi) is 2.25. The SMILES string of the molecule is Cc1cnc(N)n1CC1CCCC1. The summed E-state index contributed by atoms with van der Waals surface area (Å²) in [4.78, 5) is 4.10. The van der Waals surface area contributed by atoms with Crippen molar-refractivity contribution in [1.82, 2.24) is 9.55 Å². The van der Waals surface area contributed by atoms with Crippen molar-refractivity contribution in [2.75, 3.05) is 5.73 Å². The van der Waals surface area contributed by atoms with Crippen LogP contribution in [0.25, 0.3) is 0 Å². The highest BCUT2D eigenvalue weighted by Gasteiger charge is 2.17. The number of aryl methyl sites for hydroxylation is 1. The van der Waals surface area contributed by atoms with Crippen LogP contribution in [0.2, 0.25) is 0 Å². The normalized spacial score (nSPS) is 18.2. The molecule has 0 atom stereocenters. The van der Waals surface area contributed by atoms with Gasteiger partial charge in [0.25, 0.3) is 0 Å². The molecule has 0 bridgehead atoms. The Morgan fingerprint density at radius 1 is 1.54 bits per heavy atom. The topological polar surface area (TPSA) is 43.8 Å². The van der Waals surface area contributed by atoms with E-state index in [1.807, 2.05) is 6.20 Å². The van der Waals surface area contributed by atoms with Crippen molar-refractivity contribution in [1.29, 1.82) is 0 Å². The molecule has 1 heterocycles. The smallest absolute Gasteiger partial charge is 0.200 e. The van der Waals surface area contributed by atoms with Crippen molar-refractivity contribution in [3.8, 4) is 0 Å². The third-order valence-electron chi connectivity index (χ3n) is 3.00. The van der Waals surface area contributed by atoms with Crippen LogP contribution in [0.3, 0.4) is 0 Å². The number of hydrogen-bond donors (Lipinski definition) is 1. The van der Waals surface area contributed by atoms with Crippen LogP contribution in [-0.2, 0) is 6.54 Å². The number of imidazole rings is 1. The van der Waals surface area contributed by atoms with Gasteiger partial charge in [0.2, 0.25) is 0 Å². The van der Waals surface area contributed by atoms with Crippen LogP contribution in [0.4, 0.5) is 5.95 Å². The van der Waals surface area contributed by atoms with Gasteiger partial charge >= 0.3 is 0 Å². The lowest BCUT2D eigenvalue weighted by atomic mass is 10.1. The fourth-order valence-electron chi connectivity index (χ4n) is 2.17. The number of nitrogens with two attached hydrogens (primary N) is 1. The highest BCUT2D eigenvalue weighted by Crippen LogP contribution is 2.27. The van der Waals surface area contributed by atoms with Crippen molar-refractivity contribution in [2.24, 2.45) is 5.92 Å². The lowest BCUT2D eigenvalue weighted by molar-refractivity contribution is 0.456. The van der Waals surface area contributed by atoms with Crippen LogP contribution in [0, 0.1) is 12.8 Å². The minimum absolute atomic E-state index is 0.671. The Labute approximate surface area is 79.0 Å². The van der Waals surface area contributed by atoms with Gasteiger partial charge in [-0.2, -0.15) is 0 Å². The fraction of sp³-hybridized carbons (Fsp3) is 0.700. The van der Waals surface area contributed by atoms with Crippen molar-refractivity contribution in [3.63, 3.8) is 0 Å². The molecule has 13 heavy (non-hydrogen) atoms. The molecule has 1 fully saturated rings. The Hall–Kier alpha value is -0.990. The maximum absolute atomic E-state index is 5.77. The van der Waals surface area contributed by atoms with E-state index in [0.717, 1.165) is 12.5 Å². The highest BCUT2D eigenvalue weighted by molar-refractivity contribution is 5.21. The van der Waals surface area contributed by atoms with E-state index in [2.05, 4.69) is 16.5 Å². The standard InChI is InChI=1S/C10H17N3/c1-8-6-12-10(11)13(8)7-9-4-2-3-5-9/h6,9H,2-5,7H2,1H3,(H2,11,12). The van der Waals surface area contributed by atoms with E-state index in [9.17, 15) is 0 Å². The first-order valence-electron chi connectivity index (χ1n) is 5.05. The molecule has 0 radical (unpaired) electrons. The molecule has 1 aliphatic rings. The molecule has 1 aromatic heterocycles. The van der Waals surface area contributed by atoms with Crippen LogP contribution in [0.5, 0.6) is 0 Å². The van der Waals surface area contributed by atoms with E-state index in [0.29, 0.717) is 5.95 Å². The zero-order chi connectivity index (χ0) is 9.26. The van der Waals surface area contributed by atoms with E-state index < -0.39 is 0 Å². The summed E-state index contributed by atoms with van der Waals surface area (Å²) < 4.78 is 2.13. The molecule has 0 aliphatic heterocycles. The van der Waals surface area contributed by atoms with Crippen LogP contribution >= 0.6 is 0 Å². The Morgan fingerprint density at radius 2 is 2.23 bits per heavy atom. The summed E-state index contributed by atoms with van der Waals surface area (Å²) in [5, 5.41) is 0. The van der Waals surface area contributed by atoms with Gasteiger partial charge in [0.05, 0.1) is 6.20 Å². The summed E-state index contributed by atoms with van der Waals surface area (Å²) in [6.45, 7) is 3.13. The Morgan fingerprint density at radius 3 is 2.77 bits per heavy atom. The van der Waals surface area contributed by atoms with Crippen LogP contribution in [0.15, 0.2) is 6.20 Å². The van der Waals surface area contributed by atoms with E-state index in [1.165, 1.54) is 31.4 Å². The fourth-order valence-corrected chi connectivity index (χ4v) is 2.17. The summed E-state index contributed by atoms with van der Waals surface area (Å²) >= 11 is 0. The van der Waals surface area contributed by atoms with Crippen molar-refractivity contribution < 1.29 is 0 Å². The zero-order valence-corrected chi connectivity index (χ0v) is 8.16. The number of nitrogens with zero attached hydrogens (tertiary/aromatic N) is 2. The van der Waals surface area contributed by atoms with Gasteiger partial charge in [-0.3, -0.25) is 0 Å². The first kappa shape index (κ1) is 8.60.